The highest BCUT2D eigenvalue weighted by Gasteiger charge is 2.37. The maximum absolute atomic E-state index is 12.7. The zero-order valence-corrected chi connectivity index (χ0v) is 25.1. The number of carboxylic acids is 1. The molecular weight excluding hydrogens is 532 g/mol. The van der Waals surface area contributed by atoms with Crippen LogP contribution in [-0.4, -0.2) is 66.4 Å². The van der Waals surface area contributed by atoms with E-state index in [4.69, 9.17) is 19.6 Å². The third-order valence-electron chi connectivity index (χ3n) is 7.55. The normalized spacial score (nSPS) is 16.1. The van der Waals surface area contributed by atoms with Crippen molar-refractivity contribution in [1.29, 1.82) is 0 Å². The van der Waals surface area contributed by atoms with Crippen molar-refractivity contribution in [2.45, 2.75) is 71.3 Å². The highest BCUT2D eigenvalue weighted by molar-refractivity contribution is 5.79. The van der Waals surface area contributed by atoms with Gasteiger partial charge in [0.1, 0.15) is 5.82 Å². The number of hydrogen-bond acceptors (Lipinski definition) is 7. The van der Waals surface area contributed by atoms with Gasteiger partial charge in [-0.2, -0.15) is 14.7 Å². The lowest BCUT2D eigenvalue weighted by Crippen LogP contribution is -2.45. The molecule has 0 aliphatic carbocycles. The molecule has 1 N–H and O–H groups in total. The fourth-order valence-corrected chi connectivity index (χ4v) is 5.40. The maximum Gasteiger partial charge on any atom is 0.337 e. The van der Waals surface area contributed by atoms with E-state index in [-0.39, 0.29) is 5.60 Å². The minimum absolute atomic E-state index is 0.289. The van der Waals surface area contributed by atoms with Crippen LogP contribution >= 0.6 is 0 Å². The predicted molar refractivity (Wildman–Crippen MR) is 162 cm³/mol. The molecule has 1 aliphatic rings. The van der Waals surface area contributed by atoms with Crippen molar-refractivity contribution in [3.05, 3.63) is 78.3 Å². The molecule has 1 saturated heterocycles. The average Bonchev–Trinajstić information content (AvgIpc) is 3.58. The molecule has 1 unspecified atom stereocenters. The van der Waals surface area contributed by atoms with Crippen molar-refractivity contribution in [3.8, 4) is 11.3 Å². The molecule has 42 heavy (non-hydrogen) atoms. The number of rotatable bonds is 10. The van der Waals surface area contributed by atoms with Crippen LogP contribution in [0.15, 0.2) is 61.4 Å². The summed E-state index contributed by atoms with van der Waals surface area (Å²) in [4.78, 5) is 19.7. The molecule has 1 aromatic carbocycles. The minimum Gasteiger partial charge on any atom is -0.479 e. The van der Waals surface area contributed by atoms with Gasteiger partial charge in [0.15, 0.2) is 11.8 Å². The Morgan fingerprint density at radius 1 is 1.21 bits per heavy atom. The van der Waals surface area contributed by atoms with Gasteiger partial charge < -0.3 is 19.5 Å². The Labute approximate surface area is 246 Å². The number of ether oxygens (including phenoxy) is 2. The molecule has 1 aliphatic heterocycles. The second kappa shape index (κ2) is 11.7. The van der Waals surface area contributed by atoms with Gasteiger partial charge in [-0.05, 0) is 53.0 Å². The van der Waals surface area contributed by atoms with Gasteiger partial charge in [-0.1, -0.05) is 36.4 Å². The number of aromatic nitrogens is 5. The molecule has 0 amide bonds. The van der Waals surface area contributed by atoms with E-state index in [0.29, 0.717) is 54.7 Å². The van der Waals surface area contributed by atoms with Crippen LogP contribution in [0, 0.1) is 6.92 Å². The SMILES string of the molecule is C=CCOC1(C)CCN(c2c(C(OC(C)(C)C)C(=O)O)c(C)nc3cc(-c4cnn(Cc5ccccc5)c4)nn23)CC1. The second-order valence-electron chi connectivity index (χ2n) is 12.1. The smallest absolute Gasteiger partial charge is 0.337 e. The van der Waals surface area contributed by atoms with Gasteiger partial charge in [-0.3, -0.25) is 4.68 Å². The molecule has 0 spiro atoms. The average molecular weight is 573 g/mol. The van der Waals surface area contributed by atoms with Crippen LogP contribution in [0.3, 0.4) is 0 Å². The van der Waals surface area contributed by atoms with Crippen LogP contribution in [-0.2, 0) is 20.8 Å². The standard InChI is InChI=1S/C32H40N6O4/c1-7-17-41-32(6)13-15-36(16-14-32)29-27(28(30(39)40)42-31(3,4)5)22(2)34-26-18-25(35-38(26)29)24-19-33-37(21-24)20-23-11-9-8-10-12-23/h7-12,18-19,21,28H,1,13-17,20H2,2-6H3,(H,39,40). The first-order valence-electron chi connectivity index (χ1n) is 14.3. The Balaban J connectivity index is 1.58. The van der Waals surface area contributed by atoms with Crippen LogP contribution < -0.4 is 4.90 Å². The van der Waals surface area contributed by atoms with Gasteiger partial charge in [-0.25, -0.2) is 9.78 Å². The summed E-state index contributed by atoms with van der Waals surface area (Å²) >= 11 is 0. The van der Waals surface area contributed by atoms with Crippen LogP contribution in [0.25, 0.3) is 16.9 Å². The van der Waals surface area contributed by atoms with E-state index in [9.17, 15) is 9.90 Å². The van der Waals surface area contributed by atoms with Crippen molar-refractivity contribution in [1.82, 2.24) is 24.4 Å². The first kappa shape index (κ1) is 29.5. The Morgan fingerprint density at radius 3 is 2.57 bits per heavy atom. The Hall–Kier alpha value is -4.02. The number of hydrogen-bond donors (Lipinski definition) is 1. The summed E-state index contributed by atoms with van der Waals surface area (Å²) < 4.78 is 15.9. The predicted octanol–water partition coefficient (Wildman–Crippen LogP) is 5.45. The monoisotopic (exact) mass is 572 g/mol. The lowest BCUT2D eigenvalue weighted by atomic mass is 9.92. The summed E-state index contributed by atoms with van der Waals surface area (Å²) in [7, 11) is 0. The van der Waals surface area contributed by atoms with Crippen molar-refractivity contribution >= 4 is 17.4 Å². The van der Waals surface area contributed by atoms with Gasteiger partial charge in [0.05, 0.1) is 41.8 Å². The fraction of sp³-hybridized carbons (Fsp3) is 0.438. The summed E-state index contributed by atoms with van der Waals surface area (Å²) in [5.41, 5.74) is 3.47. The number of carbonyl (C=O) groups is 1. The van der Waals surface area contributed by atoms with E-state index in [1.165, 1.54) is 0 Å². The summed E-state index contributed by atoms with van der Waals surface area (Å²) in [6.45, 7) is 15.7. The summed E-state index contributed by atoms with van der Waals surface area (Å²) in [5, 5.41) is 19.9. The Morgan fingerprint density at radius 2 is 1.93 bits per heavy atom. The summed E-state index contributed by atoms with van der Waals surface area (Å²) in [6.07, 6.45) is 5.84. The van der Waals surface area contributed by atoms with Gasteiger partial charge in [0, 0.05) is 36.6 Å². The third-order valence-corrected chi connectivity index (χ3v) is 7.55. The molecule has 0 bridgehead atoms. The first-order valence-corrected chi connectivity index (χ1v) is 14.3. The van der Waals surface area contributed by atoms with Crippen molar-refractivity contribution in [2.75, 3.05) is 24.6 Å². The summed E-state index contributed by atoms with van der Waals surface area (Å²) in [6, 6.07) is 12.1. The van der Waals surface area contributed by atoms with E-state index < -0.39 is 17.7 Å². The molecule has 10 nitrogen and oxygen atoms in total. The molecule has 4 aromatic rings. The Bertz CT molecular complexity index is 1560. The number of piperidine rings is 1. The number of fused-ring (bicyclic) bond motifs is 1. The molecule has 3 aromatic heterocycles. The van der Waals surface area contributed by atoms with Crippen molar-refractivity contribution < 1.29 is 19.4 Å². The highest BCUT2D eigenvalue weighted by atomic mass is 16.5. The lowest BCUT2D eigenvalue weighted by molar-refractivity contribution is -0.160. The number of nitrogens with zero attached hydrogens (tertiary/aromatic N) is 6. The van der Waals surface area contributed by atoms with Crippen LogP contribution in [0.5, 0.6) is 0 Å². The molecule has 222 valence electrons. The summed E-state index contributed by atoms with van der Waals surface area (Å²) in [5.74, 6) is -0.385. The lowest BCUT2D eigenvalue weighted by Gasteiger charge is -2.41. The highest BCUT2D eigenvalue weighted by Crippen LogP contribution is 2.38. The Kier molecular flexibility index (Phi) is 8.21. The van der Waals surface area contributed by atoms with Crippen LogP contribution in [0.2, 0.25) is 0 Å². The molecular formula is C32H40N6O4. The van der Waals surface area contributed by atoms with Crippen LogP contribution in [0.1, 0.15) is 63.5 Å². The molecule has 0 saturated carbocycles. The number of carboxylic acid groups (broad SMARTS) is 1. The van der Waals surface area contributed by atoms with E-state index in [1.807, 2.05) is 62.8 Å². The first-order chi connectivity index (χ1) is 20.0. The van der Waals surface area contributed by atoms with Gasteiger partial charge in [0.25, 0.3) is 0 Å². The second-order valence-corrected chi connectivity index (χ2v) is 12.1. The van der Waals surface area contributed by atoms with Crippen molar-refractivity contribution in [3.63, 3.8) is 0 Å². The third kappa shape index (κ3) is 6.39. The molecule has 5 rings (SSSR count). The van der Waals surface area contributed by atoms with Gasteiger partial charge in [0.2, 0.25) is 0 Å². The number of aryl methyl sites for hydroxylation is 1. The molecule has 1 atom stereocenters. The molecule has 10 heteroatoms. The van der Waals surface area contributed by atoms with E-state index in [0.717, 1.165) is 24.0 Å². The van der Waals surface area contributed by atoms with Gasteiger partial charge >= 0.3 is 5.97 Å². The topological polar surface area (TPSA) is 107 Å². The largest absolute Gasteiger partial charge is 0.479 e. The zero-order chi connectivity index (χ0) is 30.1. The zero-order valence-electron chi connectivity index (χ0n) is 25.1. The fourth-order valence-electron chi connectivity index (χ4n) is 5.40. The van der Waals surface area contributed by atoms with E-state index >= 15 is 0 Å². The van der Waals surface area contributed by atoms with Gasteiger partial charge in [-0.15, -0.1) is 6.58 Å². The van der Waals surface area contributed by atoms with Crippen LogP contribution in [0.4, 0.5) is 5.82 Å². The molecule has 0 radical (unpaired) electrons. The number of benzene rings is 1. The molecule has 4 heterocycles. The number of aliphatic carboxylic acids is 1. The van der Waals surface area contributed by atoms with E-state index in [2.05, 4.69) is 35.6 Å². The number of anilines is 1. The molecule has 1 fully saturated rings. The van der Waals surface area contributed by atoms with Crippen molar-refractivity contribution in [2.24, 2.45) is 0 Å². The maximum atomic E-state index is 12.7. The van der Waals surface area contributed by atoms with E-state index in [1.54, 1.807) is 16.8 Å². The minimum atomic E-state index is -1.22. The quantitative estimate of drug-likeness (QED) is 0.250.